The third kappa shape index (κ3) is 3.08. The SMILES string of the molecule is C#Cc1ccc(Nc2c(F)c(=O)n(C)c3ncn(CCC)c(=O)c23)c(F)c1. The minimum Gasteiger partial charge on any atom is -0.350 e. The summed E-state index contributed by atoms with van der Waals surface area (Å²) < 4.78 is 31.3. The highest BCUT2D eigenvalue weighted by Crippen LogP contribution is 2.26. The van der Waals surface area contributed by atoms with E-state index in [1.807, 2.05) is 6.92 Å². The van der Waals surface area contributed by atoms with E-state index in [4.69, 9.17) is 6.42 Å². The third-order valence-corrected chi connectivity index (χ3v) is 4.16. The molecule has 6 nitrogen and oxygen atoms in total. The molecule has 0 unspecified atom stereocenters. The number of benzene rings is 1. The maximum Gasteiger partial charge on any atom is 0.290 e. The number of fused-ring (bicyclic) bond motifs is 1. The molecule has 0 amide bonds. The number of terminal acetylenes is 1. The van der Waals surface area contributed by atoms with Gasteiger partial charge in [-0.1, -0.05) is 12.8 Å². The molecule has 138 valence electrons. The molecule has 0 bridgehead atoms. The number of hydrogen-bond acceptors (Lipinski definition) is 4. The van der Waals surface area contributed by atoms with Crippen molar-refractivity contribution >= 4 is 22.4 Å². The maximum absolute atomic E-state index is 14.7. The van der Waals surface area contributed by atoms with E-state index in [1.165, 1.54) is 30.1 Å². The van der Waals surface area contributed by atoms with E-state index in [0.717, 1.165) is 10.6 Å². The molecule has 0 aliphatic rings. The van der Waals surface area contributed by atoms with Gasteiger partial charge < -0.3 is 5.32 Å². The molecule has 0 saturated carbocycles. The van der Waals surface area contributed by atoms with E-state index in [2.05, 4.69) is 16.2 Å². The lowest BCUT2D eigenvalue weighted by Crippen LogP contribution is -2.29. The Hall–Kier alpha value is -3.47. The van der Waals surface area contributed by atoms with E-state index in [-0.39, 0.29) is 16.7 Å². The molecule has 3 rings (SSSR count). The van der Waals surface area contributed by atoms with Gasteiger partial charge in [0.05, 0.1) is 17.7 Å². The summed E-state index contributed by atoms with van der Waals surface area (Å²) in [6.45, 7) is 2.25. The summed E-state index contributed by atoms with van der Waals surface area (Å²) in [7, 11) is 1.32. The zero-order valence-corrected chi connectivity index (χ0v) is 14.7. The maximum atomic E-state index is 14.7. The van der Waals surface area contributed by atoms with Crippen LogP contribution in [0.5, 0.6) is 0 Å². The van der Waals surface area contributed by atoms with Crippen molar-refractivity contribution in [2.24, 2.45) is 7.05 Å². The second kappa shape index (κ2) is 7.03. The standard InChI is InChI=1S/C19H16F2N4O2/c1-4-8-25-10-22-17-14(18(25)26)16(15(21)19(27)24(17)3)23-13-7-6-11(5-2)9-12(13)20/h2,6-7,9-10,23H,4,8H2,1,3H3. The quantitative estimate of drug-likeness (QED) is 0.717. The molecule has 0 saturated heterocycles. The first kappa shape index (κ1) is 18.3. The number of aryl methyl sites for hydroxylation is 2. The molecular formula is C19H16F2N4O2. The van der Waals surface area contributed by atoms with Crippen LogP contribution in [0.2, 0.25) is 0 Å². The molecule has 0 radical (unpaired) electrons. The Labute approximate surface area is 153 Å². The summed E-state index contributed by atoms with van der Waals surface area (Å²) in [4.78, 5) is 29.1. The number of pyridine rings is 1. The fourth-order valence-electron chi connectivity index (χ4n) is 2.77. The summed E-state index contributed by atoms with van der Waals surface area (Å²) in [5.41, 5.74) is -1.73. The number of aromatic nitrogens is 3. The van der Waals surface area contributed by atoms with Crippen LogP contribution in [0.4, 0.5) is 20.2 Å². The second-order valence-electron chi connectivity index (χ2n) is 5.96. The molecule has 3 aromatic rings. The van der Waals surface area contributed by atoms with Crippen molar-refractivity contribution in [2.75, 3.05) is 5.32 Å². The molecule has 2 aromatic heterocycles. The number of halogens is 2. The van der Waals surface area contributed by atoms with E-state index >= 15 is 0 Å². The fourth-order valence-corrected chi connectivity index (χ4v) is 2.77. The normalized spacial score (nSPS) is 10.8. The van der Waals surface area contributed by atoms with Crippen LogP contribution in [0.25, 0.3) is 11.0 Å². The van der Waals surface area contributed by atoms with Gasteiger partial charge in [0.1, 0.15) is 11.2 Å². The highest BCUT2D eigenvalue weighted by Gasteiger charge is 2.21. The van der Waals surface area contributed by atoms with E-state index in [1.54, 1.807) is 0 Å². The van der Waals surface area contributed by atoms with Gasteiger partial charge in [-0.05, 0) is 24.6 Å². The fraction of sp³-hybridized carbons (Fsp3) is 0.211. The Morgan fingerprint density at radius 2 is 2.00 bits per heavy atom. The number of nitrogens with zero attached hydrogens (tertiary/aromatic N) is 3. The molecule has 0 aliphatic heterocycles. The van der Waals surface area contributed by atoms with Crippen molar-refractivity contribution in [1.29, 1.82) is 0 Å². The first-order chi connectivity index (χ1) is 12.9. The molecule has 2 heterocycles. The smallest absolute Gasteiger partial charge is 0.290 e. The van der Waals surface area contributed by atoms with Crippen molar-refractivity contribution < 1.29 is 8.78 Å². The monoisotopic (exact) mass is 370 g/mol. The van der Waals surface area contributed by atoms with E-state index in [0.29, 0.717) is 18.5 Å². The first-order valence-electron chi connectivity index (χ1n) is 8.19. The molecule has 1 N–H and O–H groups in total. The van der Waals surface area contributed by atoms with Crippen LogP contribution in [0, 0.1) is 24.0 Å². The Balaban J connectivity index is 2.31. The summed E-state index contributed by atoms with van der Waals surface area (Å²) in [6, 6.07) is 3.87. The van der Waals surface area contributed by atoms with Crippen LogP contribution in [0.1, 0.15) is 18.9 Å². The highest BCUT2D eigenvalue weighted by molar-refractivity contribution is 5.90. The average molecular weight is 370 g/mol. The van der Waals surface area contributed by atoms with Gasteiger partial charge >= 0.3 is 0 Å². The average Bonchev–Trinajstić information content (AvgIpc) is 2.66. The van der Waals surface area contributed by atoms with Gasteiger partial charge in [-0.25, -0.2) is 9.37 Å². The Kier molecular flexibility index (Phi) is 4.77. The largest absolute Gasteiger partial charge is 0.350 e. The topological polar surface area (TPSA) is 68.9 Å². The highest BCUT2D eigenvalue weighted by atomic mass is 19.1. The summed E-state index contributed by atoms with van der Waals surface area (Å²) in [5, 5.41) is 2.39. The molecule has 8 heteroatoms. The van der Waals surface area contributed by atoms with Gasteiger partial charge in [0, 0.05) is 19.2 Å². The number of nitrogens with one attached hydrogen (secondary N) is 1. The van der Waals surface area contributed by atoms with Crippen LogP contribution in [0.15, 0.2) is 34.1 Å². The molecule has 27 heavy (non-hydrogen) atoms. The first-order valence-corrected chi connectivity index (χ1v) is 8.19. The summed E-state index contributed by atoms with van der Waals surface area (Å²) in [5.74, 6) is 0.353. The predicted octanol–water partition coefficient (Wildman–Crippen LogP) is 2.51. The minimum absolute atomic E-state index is 0.00177. The van der Waals surface area contributed by atoms with Gasteiger partial charge in [-0.15, -0.1) is 6.42 Å². The Morgan fingerprint density at radius 3 is 2.63 bits per heavy atom. The lowest BCUT2D eigenvalue weighted by molar-refractivity contribution is 0.595. The summed E-state index contributed by atoms with van der Waals surface area (Å²) >= 11 is 0. The molecule has 0 aliphatic carbocycles. The molecule has 0 spiro atoms. The molecular weight excluding hydrogens is 354 g/mol. The molecule has 0 atom stereocenters. The van der Waals surface area contributed by atoms with E-state index in [9.17, 15) is 18.4 Å². The van der Waals surface area contributed by atoms with Gasteiger partial charge in [0.25, 0.3) is 11.1 Å². The van der Waals surface area contributed by atoms with Crippen molar-refractivity contribution in [3.05, 3.63) is 62.4 Å². The third-order valence-electron chi connectivity index (χ3n) is 4.16. The zero-order valence-electron chi connectivity index (χ0n) is 14.7. The summed E-state index contributed by atoms with van der Waals surface area (Å²) in [6.07, 6.45) is 7.19. The van der Waals surface area contributed by atoms with Crippen LogP contribution in [-0.2, 0) is 13.6 Å². The van der Waals surface area contributed by atoms with Crippen molar-refractivity contribution in [3.8, 4) is 12.3 Å². The Morgan fingerprint density at radius 1 is 1.26 bits per heavy atom. The van der Waals surface area contributed by atoms with Crippen molar-refractivity contribution in [3.63, 3.8) is 0 Å². The van der Waals surface area contributed by atoms with Crippen LogP contribution in [0.3, 0.4) is 0 Å². The molecule has 1 aromatic carbocycles. The van der Waals surface area contributed by atoms with Gasteiger partial charge in [-0.2, -0.15) is 4.39 Å². The predicted molar refractivity (Wildman–Crippen MR) is 99.1 cm³/mol. The van der Waals surface area contributed by atoms with Gasteiger partial charge in [0.2, 0.25) is 5.82 Å². The van der Waals surface area contributed by atoms with Gasteiger partial charge in [0.15, 0.2) is 5.65 Å². The lowest BCUT2D eigenvalue weighted by atomic mass is 10.2. The lowest BCUT2D eigenvalue weighted by Gasteiger charge is -2.14. The second-order valence-corrected chi connectivity index (χ2v) is 5.96. The van der Waals surface area contributed by atoms with Crippen molar-refractivity contribution in [1.82, 2.24) is 14.1 Å². The van der Waals surface area contributed by atoms with Crippen molar-refractivity contribution in [2.45, 2.75) is 19.9 Å². The van der Waals surface area contributed by atoms with Crippen LogP contribution < -0.4 is 16.4 Å². The number of rotatable bonds is 4. The zero-order chi connectivity index (χ0) is 19.7. The van der Waals surface area contributed by atoms with Crippen LogP contribution in [-0.4, -0.2) is 14.1 Å². The number of hydrogen-bond donors (Lipinski definition) is 1. The molecule has 0 fully saturated rings. The van der Waals surface area contributed by atoms with E-state index < -0.39 is 28.4 Å². The van der Waals surface area contributed by atoms with Gasteiger partial charge in [-0.3, -0.25) is 18.7 Å². The number of anilines is 2. The minimum atomic E-state index is -1.20. The van der Waals surface area contributed by atoms with Crippen LogP contribution >= 0.6 is 0 Å². The Bertz CT molecular complexity index is 1210.